The average molecular weight is 395 g/mol. The summed E-state index contributed by atoms with van der Waals surface area (Å²) < 4.78 is 5.84. The van der Waals surface area contributed by atoms with Crippen molar-refractivity contribution in [3.63, 3.8) is 0 Å². The molecule has 1 heterocycles. The first-order valence-corrected chi connectivity index (χ1v) is 10.4. The molecule has 29 heavy (non-hydrogen) atoms. The van der Waals surface area contributed by atoms with Gasteiger partial charge in [0.2, 0.25) is 5.91 Å². The number of nitrogens with zero attached hydrogens (tertiary/aromatic N) is 1. The van der Waals surface area contributed by atoms with E-state index in [1.165, 1.54) is 11.1 Å². The van der Waals surface area contributed by atoms with E-state index in [0.29, 0.717) is 26.3 Å². The van der Waals surface area contributed by atoms with E-state index in [-0.39, 0.29) is 29.3 Å². The molecule has 1 amide bonds. The van der Waals surface area contributed by atoms with Gasteiger partial charge in [-0.2, -0.15) is 0 Å². The van der Waals surface area contributed by atoms with E-state index in [4.69, 9.17) is 4.74 Å². The van der Waals surface area contributed by atoms with Crippen LogP contribution in [-0.2, 0) is 16.1 Å². The summed E-state index contributed by atoms with van der Waals surface area (Å²) in [5.41, 5.74) is 2.25. The number of aliphatic hydroxyl groups is 1. The highest BCUT2D eigenvalue weighted by molar-refractivity contribution is 5.72. The van der Waals surface area contributed by atoms with Crippen LogP contribution in [0.3, 0.4) is 0 Å². The molecule has 1 saturated heterocycles. The van der Waals surface area contributed by atoms with Crippen molar-refractivity contribution >= 4 is 5.91 Å². The molecule has 2 N–H and O–H groups in total. The number of carbonyl (C=O) groups excluding carboxylic acids is 1. The van der Waals surface area contributed by atoms with Crippen LogP contribution in [0.25, 0.3) is 0 Å². The van der Waals surface area contributed by atoms with Crippen molar-refractivity contribution in [2.75, 3.05) is 32.8 Å². The fourth-order valence-electron chi connectivity index (χ4n) is 5.08. The zero-order chi connectivity index (χ0) is 20.3. The predicted molar refractivity (Wildman–Crippen MR) is 112 cm³/mol. The summed E-state index contributed by atoms with van der Waals surface area (Å²) in [6, 6.07) is 20.6. The zero-order valence-corrected chi connectivity index (χ0v) is 17.0. The molecule has 1 spiro atoms. The lowest BCUT2D eigenvalue weighted by Gasteiger charge is -2.17. The van der Waals surface area contributed by atoms with E-state index in [0.717, 1.165) is 13.1 Å². The van der Waals surface area contributed by atoms with E-state index in [1.807, 2.05) is 36.4 Å². The second kappa shape index (κ2) is 8.66. The van der Waals surface area contributed by atoms with Gasteiger partial charge in [-0.25, -0.2) is 0 Å². The summed E-state index contributed by atoms with van der Waals surface area (Å²) in [6.45, 7) is 5.73. The lowest BCUT2D eigenvalue weighted by molar-refractivity contribution is -0.119. The second-order valence-electron chi connectivity index (χ2n) is 8.33. The van der Waals surface area contributed by atoms with Crippen LogP contribution in [0.4, 0.5) is 0 Å². The highest BCUT2D eigenvalue weighted by atomic mass is 16.5. The van der Waals surface area contributed by atoms with Gasteiger partial charge in [0.05, 0.1) is 19.3 Å². The first kappa shape index (κ1) is 20.1. The van der Waals surface area contributed by atoms with Crippen LogP contribution >= 0.6 is 0 Å². The van der Waals surface area contributed by atoms with Crippen LogP contribution in [0.15, 0.2) is 60.7 Å². The number of hydrogen-bond acceptors (Lipinski definition) is 4. The zero-order valence-electron chi connectivity index (χ0n) is 17.0. The van der Waals surface area contributed by atoms with Gasteiger partial charge in [0.1, 0.15) is 0 Å². The second-order valence-corrected chi connectivity index (χ2v) is 8.33. The highest BCUT2D eigenvalue weighted by Crippen LogP contribution is 2.68. The van der Waals surface area contributed by atoms with Crippen molar-refractivity contribution in [2.24, 2.45) is 11.3 Å². The summed E-state index contributed by atoms with van der Waals surface area (Å²) in [5, 5.41) is 14.0. The lowest BCUT2D eigenvalue weighted by atomic mass is 9.95. The van der Waals surface area contributed by atoms with Gasteiger partial charge in [-0.3, -0.25) is 9.69 Å². The van der Waals surface area contributed by atoms with Gasteiger partial charge in [0.25, 0.3) is 0 Å². The van der Waals surface area contributed by atoms with Gasteiger partial charge in [-0.05, 0) is 23.0 Å². The molecule has 0 radical (unpaired) electrons. The van der Waals surface area contributed by atoms with Crippen molar-refractivity contribution in [3.05, 3.63) is 71.8 Å². The van der Waals surface area contributed by atoms with Gasteiger partial charge in [0.15, 0.2) is 0 Å². The topological polar surface area (TPSA) is 61.8 Å². The van der Waals surface area contributed by atoms with Crippen LogP contribution in [0.5, 0.6) is 0 Å². The van der Waals surface area contributed by atoms with E-state index >= 15 is 0 Å². The predicted octanol–water partition coefficient (Wildman–Crippen LogP) is 2.42. The Labute approximate surface area is 172 Å². The van der Waals surface area contributed by atoms with Crippen LogP contribution < -0.4 is 5.32 Å². The molecule has 154 valence electrons. The summed E-state index contributed by atoms with van der Waals surface area (Å²) in [7, 11) is 0. The molecular formula is C24H30N2O3. The van der Waals surface area contributed by atoms with Crippen LogP contribution in [0, 0.1) is 11.3 Å². The Morgan fingerprint density at radius 1 is 1.17 bits per heavy atom. The van der Waals surface area contributed by atoms with Crippen molar-refractivity contribution in [1.82, 2.24) is 10.2 Å². The number of ether oxygens (including phenoxy) is 1. The van der Waals surface area contributed by atoms with Crippen molar-refractivity contribution in [1.29, 1.82) is 0 Å². The normalized spacial score (nSPS) is 28.6. The number of benzene rings is 2. The number of amides is 1. The van der Waals surface area contributed by atoms with E-state index in [2.05, 4.69) is 34.5 Å². The van der Waals surface area contributed by atoms with Gasteiger partial charge in [-0.1, -0.05) is 60.7 Å². The van der Waals surface area contributed by atoms with Gasteiger partial charge < -0.3 is 15.2 Å². The van der Waals surface area contributed by atoms with E-state index in [9.17, 15) is 9.90 Å². The molecule has 0 bridgehead atoms. The first-order chi connectivity index (χ1) is 14.1. The molecule has 4 rings (SSSR count). The summed E-state index contributed by atoms with van der Waals surface area (Å²) in [6.07, 6.45) is -0.388. The number of nitrogens with one attached hydrogen (secondary N) is 1. The van der Waals surface area contributed by atoms with Crippen LogP contribution in [-0.4, -0.2) is 54.8 Å². The SMILES string of the molecule is CC(=O)NC[C@@H]1[C@@H](c2ccccc2)[C@]12CN(CCOCc1ccccc1)C[C@H]2O. The molecule has 0 unspecified atom stereocenters. The Hall–Kier alpha value is -2.21. The molecular weight excluding hydrogens is 364 g/mol. The number of aliphatic hydroxyl groups excluding tert-OH is 1. The van der Waals surface area contributed by atoms with Gasteiger partial charge in [0, 0.05) is 38.5 Å². The number of β-amino-alcohol motifs (C(OH)–C–C–N with tert-alkyl or cyclic N) is 1. The third kappa shape index (κ3) is 4.22. The third-order valence-electron chi connectivity index (χ3n) is 6.50. The van der Waals surface area contributed by atoms with Crippen molar-refractivity contribution < 1.29 is 14.6 Å². The number of likely N-dealkylation sites (tertiary alicyclic amines) is 1. The number of hydrogen-bond donors (Lipinski definition) is 2. The van der Waals surface area contributed by atoms with E-state index < -0.39 is 0 Å². The smallest absolute Gasteiger partial charge is 0.216 e. The fraction of sp³-hybridized carbons (Fsp3) is 0.458. The Kier molecular flexibility index (Phi) is 5.99. The molecule has 5 heteroatoms. The van der Waals surface area contributed by atoms with Crippen LogP contribution in [0.2, 0.25) is 0 Å². The minimum atomic E-state index is -0.388. The number of carbonyl (C=O) groups is 1. The lowest BCUT2D eigenvalue weighted by Crippen LogP contribution is -2.29. The average Bonchev–Trinajstić information content (AvgIpc) is 3.26. The maximum atomic E-state index is 11.5. The minimum absolute atomic E-state index is 0.0162. The molecule has 2 aromatic carbocycles. The molecule has 2 aliphatic rings. The molecule has 2 aromatic rings. The molecule has 1 saturated carbocycles. The molecule has 5 nitrogen and oxygen atoms in total. The number of rotatable bonds is 8. The quantitative estimate of drug-likeness (QED) is 0.675. The van der Waals surface area contributed by atoms with Crippen LogP contribution in [0.1, 0.15) is 24.0 Å². The maximum Gasteiger partial charge on any atom is 0.216 e. The summed E-state index contributed by atoms with van der Waals surface area (Å²) >= 11 is 0. The summed E-state index contributed by atoms with van der Waals surface area (Å²) in [5.74, 6) is 0.525. The third-order valence-corrected chi connectivity index (χ3v) is 6.50. The summed E-state index contributed by atoms with van der Waals surface area (Å²) in [4.78, 5) is 13.8. The molecule has 0 aromatic heterocycles. The maximum absolute atomic E-state index is 11.5. The molecule has 4 atom stereocenters. The van der Waals surface area contributed by atoms with Crippen molar-refractivity contribution in [3.8, 4) is 0 Å². The van der Waals surface area contributed by atoms with E-state index in [1.54, 1.807) is 6.92 Å². The first-order valence-electron chi connectivity index (χ1n) is 10.4. The Morgan fingerprint density at radius 2 is 1.86 bits per heavy atom. The molecule has 1 aliphatic carbocycles. The Morgan fingerprint density at radius 3 is 2.55 bits per heavy atom. The molecule has 2 fully saturated rings. The Bertz CT molecular complexity index is 813. The molecule has 1 aliphatic heterocycles. The Balaban J connectivity index is 1.36. The fourth-order valence-corrected chi connectivity index (χ4v) is 5.08. The van der Waals surface area contributed by atoms with Crippen molar-refractivity contribution in [2.45, 2.75) is 25.6 Å². The standard InChI is InChI=1S/C24H30N2O3/c1-18(27)25-14-21-23(20-10-6-3-7-11-20)24(21)17-26(15-22(24)28)12-13-29-16-19-8-4-2-5-9-19/h2-11,21-23,28H,12-17H2,1H3,(H,25,27)/t21-,22-,23-,24-/m1/s1. The van der Waals surface area contributed by atoms with Gasteiger partial charge in [-0.15, -0.1) is 0 Å². The van der Waals surface area contributed by atoms with Gasteiger partial charge >= 0.3 is 0 Å². The monoisotopic (exact) mass is 394 g/mol. The highest BCUT2D eigenvalue weighted by Gasteiger charge is 2.70. The largest absolute Gasteiger partial charge is 0.391 e. The minimum Gasteiger partial charge on any atom is -0.391 e.